The Morgan fingerprint density at radius 3 is 2.52 bits per heavy atom. The predicted molar refractivity (Wildman–Crippen MR) is 82.6 cm³/mol. The molecule has 0 heterocycles. The molecular formula is C14H19ClN2O3S. The summed E-state index contributed by atoms with van der Waals surface area (Å²) in [7, 11) is -3.79. The van der Waals surface area contributed by atoms with E-state index in [0.29, 0.717) is 18.0 Å². The summed E-state index contributed by atoms with van der Waals surface area (Å²) in [6.07, 6.45) is 6.27. The van der Waals surface area contributed by atoms with Crippen molar-refractivity contribution < 1.29 is 13.2 Å². The molecule has 1 aliphatic rings. The molecule has 2 rings (SSSR count). The smallest absolute Gasteiger partial charge is 0.238 e. The molecule has 7 heteroatoms. The summed E-state index contributed by atoms with van der Waals surface area (Å²) in [6.45, 7) is 0. The highest BCUT2D eigenvalue weighted by Gasteiger charge is 2.18. The summed E-state index contributed by atoms with van der Waals surface area (Å²) >= 11 is 5.99. The van der Waals surface area contributed by atoms with Gasteiger partial charge in [-0.25, -0.2) is 13.6 Å². The van der Waals surface area contributed by atoms with Crippen LogP contribution in [-0.2, 0) is 14.8 Å². The van der Waals surface area contributed by atoms with Gasteiger partial charge < -0.3 is 5.32 Å². The van der Waals surface area contributed by atoms with E-state index in [1.165, 1.54) is 37.5 Å². The fourth-order valence-electron chi connectivity index (χ4n) is 2.63. The van der Waals surface area contributed by atoms with Gasteiger partial charge in [-0.3, -0.25) is 4.79 Å². The minimum Gasteiger partial charge on any atom is -0.325 e. The standard InChI is InChI=1S/C14H19ClN2O3S/c15-12-9-11(21(16,19)20)6-7-13(12)17-14(18)8-10-4-2-1-3-5-10/h6-7,9-10H,1-5,8H2,(H,17,18)(H2,16,19,20). The molecule has 1 aliphatic carbocycles. The topological polar surface area (TPSA) is 89.3 Å². The first-order chi connectivity index (χ1) is 9.86. The number of carbonyl (C=O) groups is 1. The molecule has 0 aromatic heterocycles. The van der Waals surface area contributed by atoms with Gasteiger partial charge in [0.15, 0.2) is 0 Å². The molecule has 0 unspecified atom stereocenters. The molecule has 1 amide bonds. The van der Waals surface area contributed by atoms with Crippen LogP contribution in [0.25, 0.3) is 0 Å². The van der Waals surface area contributed by atoms with Gasteiger partial charge >= 0.3 is 0 Å². The summed E-state index contributed by atoms with van der Waals surface area (Å²) in [5.74, 6) is 0.341. The van der Waals surface area contributed by atoms with Crippen molar-refractivity contribution in [2.75, 3.05) is 5.32 Å². The highest BCUT2D eigenvalue weighted by atomic mass is 35.5. The maximum absolute atomic E-state index is 12.0. The maximum Gasteiger partial charge on any atom is 0.238 e. The van der Waals surface area contributed by atoms with Crippen LogP contribution in [-0.4, -0.2) is 14.3 Å². The van der Waals surface area contributed by atoms with Crippen molar-refractivity contribution in [3.8, 4) is 0 Å². The summed E-state index contributed by atoms with van der Waals surface area (Å²) in [6, 6.07) is 4.03. The summed E-state index contributed by atoms with van der Waals surface area (Å²) < 4.78 is 22.4. The molecule has 116 valence electrons. The Bertz CT molecular complexity index is 625. The Morgan fingerprint density at radius 2 is 1.95 bits per heavy atom. The highest BCUT2D eigenvalue weighted by molar-refractivity contribution is 7.89. The molecule has 1 fully saturated rings. The second-order valence-electron chi connectivity index (χ2n) is 5.44. The number of halogens is 1. The molecule has 1 aromatic carbocycles. The lowest BCUT2D eigenvalue weighted by Crippen LogP contribution is -2.18. The Morgan fingerprint density at radius 1 is 1.29 bits per heavy atom. The molecule has 0 radical (unpaired) electrons. The SMILES string of the molecule is NS(=O)(=O)c1ccc(NC(=O)CC2CCCCC2)c(Cl)c1. The van der Waals surface area contributed by atoms with Gasteiger partial charge in [-0.2, -0.15) is 0 Å². The van der Waals surface area contributed by atoms with Gasteiger partial charge in [0.1, 0.15) is 0 Å². The second kappa shape index (κ2) is 6.77. The van der Waals surface area contributed by atoms with Crippen molar-refractivity contribution in [2.45, 2.75) is 43.4 Å². The van der Waals surface area contributed by atoms with Crippen LogP contribution in [0.1, 0.15) is 38.5 Å². The molecule has 1 saturated carbocycles. The van der Waals surface area contributed by atoms with Crippen molar-refractivity contribution in [1.82, 2.24) is 0 Å². The third-order valence-electron chi connectivity index (χ3n) is 3.74. The largest absolute Gasteiger partial charge is 0.325 e. The van der Waals surface area contributed by atoms with E-state index in [2.05, 4.69) is 5.32 Å². The van der Waals surface area contributed by atoms with E-state index in [0.717, 1.165) is 12.8 Å². The van der Waals surface area contributed by atoms with Gasteiger partial charge in [0.25, 0.3) is 0 Å². The summed E-state index contributed by atoms with van der Waals surface area (Å²) in [5, 5.41) is 7.92. The van der Waals surface area contributed by atoms with E-state index in [1.54, 1.807) is 0 Å². The molecule has 1 aromatic rings. The molecule has 21 heavy (non-hydrogen) atoms. The molecule has 3 N–H and O–H groups in total. The van der Waals surface area contributed by atoms with Crippen LogP contribution in [0, 0.1) is 5.92 Å². The van der Waals surface area contributed by atoms with Crippen LogP contribution >= 0.6 is 11.6 Å². The summed E-state index contributed by atoms with van der Waals surface area (Å²) in [5.41, 5.74) is 0.407. The highest BCUT2D eigenvalue weighted by Crippen LogP contribution is 2.28. The predicted octanol–water partition coefficient (Wildman–Crippen LogP) is 2.90. The lowest BCUT2D eigenvalue weighted by Gasteiger charge is -2.21. The Labute approximate surface area is 129 Å². The fraction of sp³-hybridized carbons (Fsp3) is 0.500. The van der Waals surface area contributed by atoms with E-state index in [9.17, 15) is 13.2 Å². The van der Waals surface area contributed by atoms with E-state index < -0.39 is 10.0 Å². The zero-order valence-electron chi connectivity index (χ0n) is 11.6. The number of carbonyl (C=O) groups excluding carboxylic acids is 1. The van der Waals surface area contributed by atoms with Gasteiger partial charge in [-0.1, -0.05) is 30.9 Å². The number of hydrogen-bond acceptors (Lipinski definition) is 3. The van der Waals surface area contributed by atoms with Gasteiger partial charge in [0.05, 0.1) is 15.6 Å². The Hall–Kier alpha value is -1.11. The first kappa shape index (κ1) is 16.3. The van der Waals surface area contributed by atoms with Crippen molar-refractivity contribution in [2.24, 2.45) is 11.1 Å². The number of primary sulfonamides is 1. The third-order valence-corrected chi connectivity index (χ3v) is 4.97. The Kier molecular flexibility index (Phi) is 5.24. The number of amides is 1. The van der Waals surface area contributed by atoms with Crippen LogP contribution in [0.15, 0.2) is 23.1 Å². The van der Waals surface area contributed by atoms with Crippen LogP contribution in [0.2, 0.25) is 5.02 Å². The van der Waals surface area contributed by atoms with Crippen LogP contribution in [0.5, 0.6) is 0 Å². The van der Waals surface area contributed by atoms with Gasteiger partial charge in [-0.15, -0.1) is 0 Å². The molecule has 0 saturated heterocycles. The van der Waals surface area contributed by atoms with E-state index >= 15 is 0 Å². The lowest BCUT2D eigenvalue weighted by atomic mass is 9.87. The number of benzene rings is 1. The molecule has 5 nitrogen and oxygen atoms in total. The minimum absolute atomic E-state index is 0.0715. The second-order valence-corrected chi connectivity index (χ2v) is 7.41. The number of rotatable bonds is 4. The summed E-state index contributed by atoms with van der Waals surface area (Å²) in [4.78, 5) is 11.9. The van der Waals surface area contributed by atoms with Gasteiger partial charge in [0, 0.05) is 6.42 Å². The first-order valence-electron chi connectivity index (χ1n) is 6.98. The lowest BCUT2D eigenvalue weighted by molar-refractivity contribution is -0.117. The number of nitrogens with one attached hydrogen (secondary N) is 1. The number of anilines is 1. The van der Waals surface area contributed by atoms with Gasteiger partial charge in [0.2, 0.25) is 15.9 Å². The quantitative estimate of drug-likeness (QED) is 0.889. The number of nitrogens with two attached hydrogens (primary N) is 1. The fourth-order valence-corrected chi connectivity index (χ4v) is 3.46. The van der Waals surface area contributed by atoms with Crippen LogP contribution in [0.3, 0.4) is 0 Å². The van der Waals surface area contributed by atoms with Crippen LogP contribution in [0.4, 0.5) is 5.69 Å². The monoisotopic (exact) mass is 330 g/mol. The maximum atomic E-state index is 12.0. The van der Waals surface area contributed by atoms with Crippen LogP contribution < -0.4 is 10.5 Å². The number of hydrogen-bond donors (Lipinski definition) is 2. The van der Waals surface area contributed by atoms with Crippen molar-refractivity contribution in [3.05, 3.63) is 23.2 Å². The molecule has 0 atom stereocenters. The number of sulfonamides is 1. The van der Waals surface area contributed by atoms with Gasteiger partial charge in [-0.05, 0) is 37.0 Å². The normalized spacial score (nSPS) is 16.7. The molecule has 0 aliphatic heterocycles. The zero-order valence-corrected chi connectivity index (χ0v) is 13.2. The molecule has 0 spiro atoms. The third kappa shape index (κ3) is 4.69. The average molecular weight is 331 g/mol. The van der Waals surface area contributed by atoms with Crippen molar-refractivity contribution in [3.63, 3.8) is 0 Å². The Balaban J connectivity index is 2.00. The van der Waals surface area contributed by atoms with Crippen molar-refractivity contribution >= 4 is 33.2 Å². The molecular weight excluding hydrogens is 312 g/mol. The molecule has 0 bridgehead atoms. The average Bonchev–Trinajstić information content (AvgIpc) is 2.41. The van der Waals surface area contributed by atoms with E-state index in [-0.39, 0.29) is 15.8 Å². The van der Waals surface area contributed by atoms with E-state index in [1.807, 2.05) is 0 Å². The zero-order chi connectivity index (χ0) is 15.5. The first-order valence-corrected chi connectivity index (χ1v) is 8.91. The van der Waals surface area contributed by atoms with Crippen molar-refractivity contribution in [1.29, 1.82) is 0 Å². The van der Waals surface area contributed by atoms with E-state index in [4.69, 9.17) is 16.7 Å². The minimum atomic E-state index is -3.79.